The number of nitrogens with one attached hydrogen (secondary N) is 1. The van der Waals surface area contributed by atoms with E-state index in [2.05, 4.69) is 20.8 Å². The molecule has 0 aromatic heterocycles. The third-order valence-electron chi connectivity index (χ3n) is 4.48. The first-order valence-corrected chi connectivity index (χ1v) is 10.1. The van der Waals surface area contributed by atoms with Crippen LogP contribution in [0.2, 0.25) is 0 Å². The van der Waals surface area contributed by atoms with Gasteiger partial charge in [0.1, 0.15) is 12.3 Å². The molecule has 3 rings (SSSR count). The van der Waals surface area contributed by atoms with Crippen molar-refractivity contribution in [3.8, 4) is 5.75 Å². The zero-order valence-corrected chi connectivity index (χ0v) is 16.1. The van der Waals surface area contributed by atoms with Crippen LogP contribution in [0.4, 0.5) is 5.69 Å². The molecule has 0 aliphatic carbocycles. The summed E-state index contributed by atoms with van der Waals surface area (Å²) in [5, 5.41) is 11.9. The van der Waals surface area contributed by atoms with Crippen molar-refractivity contribution in [2.24, 2.45) is 5.41 Å². The predicted octanol–water partition coefficient (Wildman–Crippen LogP) is 3.10. The number of nitrogens with zero attached hydrogens (tertiary/aromatic N) is 1. The topological polar surface area (TPSA) is 86.7 Å². The molecule has 6 nitrogen and oxygen atoms in total. The summed E-state index contributed by atoms with van der Waals surface area (Å²) in [4.78, 5) is 11.5. The molecule has 0 radical (unpaired) electrons. The van der Waals surface area contributed by atoms with Crippen LogP contribution in [-0.4, -0.2) is 26.0 Å². The molecule has 26 heavy (non-hydrogen) atoms. The van der Waals surface area contributed by atoms with Gasteiger partial charge in [0.2, 0.25) is 0 Å². The van der Waals surface area contributed by atoms with Gasteiger partial charge < -0.3 is 5.11 Å². The average molecular weight is 376 g/mol. The predicted molar refractivity (Wildman–Crippen MR) is 102 cm³/mol. The Balaban J connectivity index is 1.92. The van der Waals surface area contributed by atoms with E-state index in [-0.39, 0.29) is 18.0 Å². The van der Waals surface area contributed by atoms with Crippen LogP contribution in [0, 0.1) is 5.41 Å². The third-order valence-corrected chi connectivity index (χ3v) is 5.87. The number of carbonyl (C=O) groups is 1. The summed E-state index contributed by atoms with van der Waals surface area (Å²) in [6, 6.07) is 9.12. The van der Waals surface area contributed by atoms with Crippen LogP contribution in [0.5, 0.6) is 5.75 Å². The fourth-order valence-electron chi connectivity index (χ4n) is 3.16. The number of aromatic hydroxyl groups is 1. The van der Waals surface area contributed by atoms with Gasteiger partial charge in [-0.1, -0.05) is 39.0 Å². The van der Waals surface area contributed by atoms with E-state index in [0.717, 1.165) is 39.9 Å². The Kier molecular flexibility index (Phi) is 4.60. The largest absolute Gasteiger partial charge is 0.506 e. The smallest absolute Gasteiger partial charge is 0.326 e. The maximum absolute atomic E-state index is 12.0. The van der Waals surface area contributed by atoms with Crippen LogP contribution < -0.4 is 9.03 Å². The minimum Gasteiger partial charge on any atom is -0.506 e. The Labute approximate surface area is 154 Å². The molecule has 140 valence electrons. The van der Waals surface area contributed by atoms with Crippen molar-refractivity contribution < 1.29 is 18.3 Å². The van der Waals surface area contributed by atoms with Crippen LogP contribution >= 0.6 is 0 Å². The van der Waals surface area contributed by atoms with Crippen LogP contribution in [0.15, 0.2) is 30.3 Å². The van der Waals surface area contributed by atoms with Crippen molar-refractivity contribution in [3.05, 3.63) is 35.9 Å². The number of aryl methyl sites for hydroxylation is 1. The molecule has 0 bridgehead atoms. The molecule has 0 unspecified atom stereocenters. The van der Waals surface area contributed by atoms with E-state index >= 15 is 0 Å². The fourth-order valence-corrected chi connectivity index (χ4v) is 4.32. The van der Waals surface area contributed by atoms with Gasteiger partial charge in [-0.15, -0.1) is 0 Å². The normalized spacial score (nSPS) is 16.9. The number of benzene rings is 2. The van der Waals surface area contributed by atoms with Crippen LogP contribution in [0.1, 0.15) is 39.2 Å². The molecular weight excluding hydrogens is 352 g/mol. The summed E-state index contributed by atoms with van der Waals surface area (Å²) in [6.07, 6.45) is 3.12. The van der Waals surface area contributed by atoms with Gasteiger partial charge in [0, 0.05) is 0 Å². The number of phenolic OH excluding ortho intramolecular Hbond substituents is 1. The van der Waals surface area contributed by atoms with E-state index in [1.807, 2.05) is 22.9 Å². The van der Waals surface area contributed by atoms with Gasteiger partial charge in [-0.2, -0.15) is 8.42 Å². The zero-order valence-electron chi connectivity index (χ0n) is 15.2. The molecule has 1 aliphatic heterocycles. The van der Waals surface area contributed by atoms with E-state index in [4.69, 9.17) is 0 Å². The number of phenols is 1. The number of fused-ring (bicyclic) bond motifs is 1. The number of amides is 1. The number of hydrogen-bond donors (Lipinski definition) is 2. The second-order valence-corrected chi connectivity index (χ2v) is 9.57. The van der Waals surface area contributed by atoms with Crippen molar-refractivity contribution in [2.75, 3.05) is 10.8 Å². The lowest BCUT2D eigenvalue weighted by Gasteiger charge is -2.18. The molecule has 2 aromatic rings. The van der Waals surface area contributed by atoms with Crippen LogP contribution in [0.3, 0.4) is 0 Å². The quantitative estimate of drug-likeness (QED) is 0.858. The number of hydrogen-bond acceptors (Lipinski definition) is 4. The van der Waals surface area contributed by atoms with Crippen molar-refractivity contribution in [1.82, 2.24) is 4.72 Å². The highest BCUT2D eigenvalue weighted by Gasteiger charge is 2.35. The first-order valence-electron chi connectivity index (χ1n) is 8.64. The molecule has 1 saturated heterocycles. The van der Waals surface area contributed by atoms with Crippen LogP contribution in [-0.2, 0) is 21.4 Å². The second-order valence-electron chi connectivity index (χ2n) is 7.97. The molecule has 1 aliphatic rings. The molecule has 0 spiro atoms. The van der Waals surface area contributed by atoms with E-state index in [9.17, 15) is 18.3 Å². The molecule has 2 aromatic carbocycles. The Morgan fingerprint density at radius 2 is 1.88 bits per heavy atom. The van der Waals surface area contributed by atoms with Crippen molar-refractivity contribution >= 4 is 32.6 Å². The van der Waals surface area contributed by atoms with Gasteiger partial charge in [0.05, 0.1) is 5.69 Å². The van der Waals surface area contributed by atoms with Crippen molar-refractivity contribution in [1.29, 1.82) is 0 Å². The van der Waals surface area contributed by atoms with Crippen LogP contribution in [0.25, 0.3) is 10.8 Å². The zero-order chi connectivity index (χ0) is 19.1. The van der Waals surface area contributed by atoms with E-state index in [1.54, 1.807) is 6.07 Å². The van der Waals surface area contributed by atoms with Gasteiger partial charge in [-0.05, 0) is 53.1 Å². The van der Waals surface area contributed by atoms with E-state index in [0.29, 0.717) is 5.41 Å². The van der Waals surface area contributed by atoms with Gasteiger partial charge in [0.25, 0.3) is 5.91 Å². The lowest BCUT2D eigenvalue weighted by molar-refractivity contribution is -0.117. The summed E-state index contributed by atoms with van der Waals surface area (Å²) in [5.41, 5.74) is 1.57. The highest BCUT2D eigenvalue weighted by molar-refractivity contribution is 7.92. The Hall–Kier alpha value is -2.28. The molecule has 1 heterocycles. The molecule has 2 N–H and O–H groups in total. The molecule has 0 atom stereocenters. The van der Waals surface area contributed by atoms with Gasteiger partial charge >= 0.3 is 10.2 Å². The fraction of sp³-hybridized carbons (Fsp3) is 0.421. The van der Waals surface area contributed by atoms with Gasteiger partial charge in [-0.3, -0.25) is 4.79 Å². The molecular formula is C19H24N2O4S. The average Bonchev–Trinajstić information content (AvgIpc) is 2.78. The highest BCUT2D eigenvalue weighted by atomic mass is 32.2. The van der Waals surface area contributed by atoms with Gasteiger partial charge in [0.15, 0.2) is 0 Å². The standard InChI is InChI=1S/C19H24N2O4S/c1-19(2,3)8-4-5-13-6-7-14-11-17(22)16(10-15(14)9-13)21-12-18(23)20-26(21,24)25/h6-7,9-11,22H,4-5,8,12H2,1-3H3,(H,20,23). The Morgan fingerprint density at radius 3 is 2.50 bits per heavy atom. The first kappa shape index (κ1) is 18.5. The summed E-state index contributed by atoms with van der Waals surface area (Å²) >= 11 is 0. The summed E-state index contributed by atoms with van der Waals surface area (Å²) in [5.74, 6) is -0.779. The summed E-state index contributed by atoms with van der Waals surface area (Å²) in [7, 11) is -3.95. The lowest BCUT2D eigenvalue weighted by Crippen LogP contribution is -2.29. The monoisotopic (exact) mass is 376 g/mol. The molecule has 1 amide bonds. The maximum Gasteiger partial charge on any atom is 0.326 e. The Morgan fingerprint density at radius 1 is 1.15 bits per heavy atom. The second kappa shape index (κ2) is 6.46. The number of carbonyl (C=O) groups excluding carboxylic acids is 1. The minimum atomic E-state index is -3.95. The maximum atomic E-state index is 12.0. The highest BCUT2D eigenvalue weighted by Crippen LogP contribution is 2.35. The third kappa shape index (κ3) is 3.93. The Bertz CT molecular complexity index is 961. The van der Waals surface area contributed by atoms with Crippen molar-refractivity contribution in [3.63, 3.8) is 0 Å². The van der Waals surface area contributed by atoms with E-state index < -0.39 is 16.1 Å². The first-order chi connectivity index (χ1) is 12.0. The lowest BCUT2D eigenvalue weighted by atomic mass is 9.89. The summed E-state index contributed by atoms with van der Waals surface area (Å²) in [6.45, 7) is 6.32. The number of rotatable bonds is 4. The minimum absolute atomic E-state index is 0.114. The SMILES string of the molecule is CC(C)(C)CCCc1ccc2cc(O)c(N3CC(=O)NS3(=O)=O)cc2c1. The van der Waals surface area contributed by atoms with Crippen molar-refractivity contribution in [2.45, 2.75) is 40.0 Å². The molecule has 0 saturated carbocycles. The molecule has 7 heteroatoms. The molecule has 1 fully saturated rings. The summed E-state index contributed by atoms with van der Waals surface area (Å²) < 4.78 is 26.9. The van der Waals surface area contributed by atoms with Gasteiger partial charge in [-0.25, -0.2) is 9.03 Å². The van der Waals surface area contributed by atoms with E-state index in [1.165, 1.54) is 6.07 Å². The number of anilines is 1.